The first kappa shape index (κ1) is 20.3. The monoisotopic (exact) mass is 427 g/mol. The SMILES string of the molecule is O=C1NCCC2CC(OCCCN3CCN(c4cccc5sccc45)CC3)CCC12. The Labute approximate surface area is 183 Å². The topological polar surface area (TPSA) is 44.8 Å². The van der Waals surface area contributed by atoms with Gasteiger partial charge in [0.25, 0.3) is 0 Å². The van der Waals surface area contributed by atoms with Crippen LogP contribution in [0.2, 0.25) is 0 Å². The molecule has 1 N–H and O–H groups in total. The molecule has 5 nitrogen and oxygen atoms in total. The van der Waals surface area contributed by atoms with Crippen LogP contribution < -0.4 is 10.2 Å². The Morgan fingerprint density at radius 2 is 2.00 bits per heavy atom. The van der Waals surface area contributed by atoms with Crippen LogP contribution in [0.15, 0.2) is 29.6 Å². The normalized spacial score (nSPS) is 27.8. The number of piperazine rings is 1. The van der Waals surface area contributed by atoms with Gasteiger partial charge >= 0.3 is 0 Å². The number of piperidine rings is 1. The maximum Gasteiger partial charge on any atom is 0.223 e. The Morgan fingerprint density at radius 3 is 2.90 bits per heavy atom. The maximum atomic E-state index is 12.0. The highest BCUT2D eigenvalue weighted by Crippen LogP contribution is 2.36. The van der Waals surface area contributed by atoms with E-state index in [0.29, 0.717) is 12.0 Å². The number of hydrogen-bond donors (Lipinski definition) is 1. The number of carbonyl (C=O) groups is 1. The van der Waals surface area contributed by atoms with Gasteiger partial charge in [-0.25, -0.2) is 0 Å². The third-order valence-electron chi connectivity index (χ3n) is 7.24. The van der Waals surface area contributed by atoms with Gasteiger partial charge in [0.05, 0.1) is 6.10 Å². The number of nitrogens with zero attached hydrogens (tertiary/aromatic N) is 2. The van der Waals surface area contributed by atoms with Crippen LogP contribution in [0.5, 0.6) is 0 Å². The van der Waals surface area contributed by atoms with Gasteiger partial charge in [-0.05, 0) is 61.6 Å². The van der Waals surface area contributed by atoms with Gasteiger partial charge < -0.3 is 15.0 Å². The van der Waals surface area contributed by atoms with E-state index in [1.807, 2.05) is 11.3 Å². The van der Waals surface area contributed by atoms with Crippen molar-refractivity contribution in [1.29, 1.82) is 0 Å². The largest absolute Gasteiger partial charge is 0.378 e. The molecule has 2 aliphatic heterocycles. The molecular formula is C24H33N3O2S. The van der Waals surface area contributed by atoms with E-state index in [4.69, 9.17) is 4.74 Å². The minimum Gasteiger partial charge on any atom is -0.378 e. The van der Waals surface area contributed by atoms with Crippen molar-refractivity contribution in [3.63, 3.8) is 0 Å². The molecule has 2 aromatic rings. The third kappa shape index (κ3) is 4.36. The van der Waals surface area contributed by atoms with Crippen LogP contribution in [0.1, 0.15) is 32.1 Å². The van der Waals surface area contributed by atoms with E-state index in [-0.39, 0.29) is 11.8 Å². The quantitative estimate of drug-likeness (QED) is 0.714. The number of ether oxygens (including phenoxy) is 1. The smallest absolute Gasteiger partial charge is 0.223 e. The van der Waals surface area contributed by atoms with Crippen molar-refractivity contribution in [1.82, 2.24) is 10.2 Å². The summed E-state index contributed by atoms with van der Waals surface area (Å²) in [5.74, 6) is 1.06. The average molecular weight is 428 g/mol. The van der Waals surface area contributed by atoms with Crippen molar-refractivity contribution in [2.24, 2.45) is 11.8 Å². The van der Waals surface area contributed by atoms with Crippen LogP contribution in [-0.2, 0) is 9.53 Å². The van der Waals surface area contributed by atoms with E-state index < -0.39 is 0 Å². The molecule has 1 amide bonds. The molecule has 1 aliphatic carbocycles. The molecule has 0 bridgehead atoms. The highest BCUT2D eigenvalue weighted by molar-refractivity contribution is 7.17. The zero-order valence-corrected chi connectivity index (χ0v) is 18.5. The van der Waals surface area contributed by atoms with Crippen molar-refractivity contribution >= 4 is 33.0 Å². The number of thiophene rings is 1. The van der Waals surface area contributed by atoms with Crippen LogP contribution in [0, 0.1) is 11.8 Å². The summed E-state index contributed by atoms with van der Waals surface area (Å²) in [6, 6.07) is 8.93. The van der Waals surface area contributed by atoms with Crippen molar-refractivity contribution in [3.8, 4) is 0 Å². The number of anilines is 1. The summed E-state index contributed by atoms with van der Waals surface area (Å²) in [7, 11) is 0. The van der Waals surface area contributed by atoms with Crippen LogP contribution in [0.3, 0.4) is 0 Å². The molecule has 5 rings (SSSR count). The van der Waals surface area contributed by atoms with E-state index in [1.165, 1.54) is 15.8 Å². The van der Waals surface area contributed by atoms with Crippen molar-refractivity contribution in [2.75, 3.05) is 50.8 Å². The molecule has 1 aromatic heterocycles. The second-order valence-corrected chi connectivity index (χ2v) is 9.99. The molecule has 3 unspecified atom stereocenters. The summed E-state index contributed by atoms with van der Waals surface area (Å²) in [5, 5.41) is 6.61. The molecule has 0 radical (unpaired) electrons. The summed E-state index contributed by atoms with van der Waals surface area (Å²) >= 11 is 1.83. The number of carbonyl (C=O) groups excluding carboxylic acids is 1. The molecular weight excluding hydrogens is 394 g/mol. The van der Waals surface area contributed by atoms with Gasteiger partial charge in [-0.15, -0.1) is 11.3 Å². The Balaban J connectivity index is 1.02. The fourth-order valence-electron chi connectivity index (χ4n) is 5.55. The number of fused-ring (bicyclic) bond motifs is 2. The molecule has 162 valence electrons. The average Bonchev–Trinajstić information content (AvgIpc) is 3.26. The Hall–Kier alpha value is -1.63. The van der Waals surface area contributed by atoms with Crippen molar-refractivity contribution < 1.29 is 9.53 Å². The van der Waals surface area contributed by atoms with Crippen molar-refractivity contribution in [2.45, 2.75) is 38.2 Å². The Kier molecular flexibility index (Phi) is 6.25. The third-order valence-corrected chi connectivity index (χ3v) is 8.13. The van der Waals surface area contributed by atoms with Crippen LogP contribution >= 0.6 is 11.3 Å². The highest BCUT2D eigenvalue weighted by atomic mass is 32.1. The van der Waals surface area contributed by atoms with Gasteiger partial charge in [0.15, 0.2) is 0 Å². The second-order valence-electron chi connectivity index (χ2n) is 9.04. The minimum absolute atomic E-state index is 0.245. The molecule has 3 heterocycles. The van der Waals surface area contributed by atoms with Gasteiger partial charge in [-0.3, -0.25) is 9.69 Å². The van der Waals surface area contributed by atoms with E-state index in [2.05, 4.69) is 44.8 Å². The molecule has 1 aromatic carbocycles. The fourth-order valence-corrected chi connectivity index (χ4v) is 6.36. The molecule has 2 saturated heterocycles. The molecule has 3 aliphatic rings. The van der Waals surface area contributed by atoms with Gasteiger partial charge in [-0.1, -0.05) is 6.07 Å². The zero-order valence-electron chi connectivity index (χ0n) is 17.7. The lowest BCUT2D eigenvalue weighted by atomic mass is 9.74. The number of rotatable bonds is 6. The zero-order chi connectivity index (χ0) is 20.3. The molecule has 1 saturated carbocycles. The minimum atomic E-state index is 0.245. The van der Waals surface area contributed by atoms with Gasteiger partial charge in [0, 0.05) is 67.6 Å². The van der Waals surface area contributed by atoms with E-state index >= 15 is 0 Å². The summed E-state index contributed by atoms with van der Waals surface area (Å²) in [6.45, 7) is 7.28. The number of amides is 1. The van der Waals surface area contributed by atoms with Crippen LogP contribution in [0.25, 0.3) is 10.1 Å². The predicted octanol–water partition coefficient (Wildman–Crippen LogP) is 3.73. The van der Waals surface area contributed by atoms with E-state index in [9.17, 15) is 4.79 Å². The molecule has 3 fully saturated rings. The second kappa shape index (κ2) is 9.25. The van der Waals surface area contributed by atoms with Crippen molar-refractivity contribution in [3.05, 3.63) is 29.6 Å². The van der Waals surface area contributed by atoms with Gasteiger partial charge in [-0.2, -0.15) is 0 Å². The highest BCUT2D eigenvalue weighted by Gasteiger charge is 2.37. The Morgan fingerprint density at radius 1 is 1.10 bits per heavy atom. The standard InChI is InChI=1S/C24H33N3O2S/c28-24-20-6-5-19(17-18(20)7-9-25-24)29-15-2-10-26-11-13-27(14-12-26)22-3-1-4-23-21(22)8-16-30-23/h1,3-4,8,16,18-20H,2,5-7,9-15,17H2,(H,25,28). The molecule has 30 heavy (non-hydrogen) atoms. The lowest BCUT2D eigenvalue weighted by molar-refractivity contribution is -0.132. The summed E-state index contributed by atoms with van der Waals surface area (Å²) in [4.78, 5) is 17.1. The fraction of sp³-hybridized carbons (Fsp3) is 0.625. The van der Waals surface area contributed by atoms with Gasteiger partial charge in [0.2, 0.25) is 5.91 Å². The predicted molar refractivity (Wildman–Crippen MR) is 123 cm³/mol. The lowest BCUT2D eigenvalue weighted by Crippen LogP contribution is -2.47. The molecule has 3 atom stereocenters. The van der Waals surface area contributed by atoms with Crippen LogP contribution in [0.4, 0.5) is 5.69 Å². The van der Waals surface area contributed by atoms with Crippen LogP contribution in [-0.4, -0.2) is 62.8 Å². The lowest BCUT2D eigenvalue weighted by Gasteiger charge is -2.38. The first-order chi connectivity index (χ1) is 14.8. The van der Waals surface area contributed by atoms with E-state index in [0.717, 1.165) is 78.0 Å². The molecule has 6 heteroatoms. The number of benzene rings is 1. The first-order valence-electron chi connectivity index (χ1n) is 11.6. The number of hydrogen-bond acceptors (Lipinski definition) is 5. The molecule has 0 spiro atoms. The summed E-state index contributed by atoms with van der Waals surface area (Å²) < 4.78 is 7.60. The van der Waals surface area contributed by atoms with E-state index in [1.54, 1.807) is 0 Å². The Bertz CT molecular complexity index is 861. The number of nitrogens with one attached hydrogen (secondary N) is 1. The summed E-state index contributed by atoms with van der Waals surface area (Å²) in [5.41, 5.74) is 1.39. The maximum absolute atomic E-state index is 12.0. The first-order valence-corrected chi connectivity index (χ1v) is 12.5. The van der Waals surface area contributed by atoms with Gasteiger partial charge in [0.1, 0.15) is 0 Å². The summed E-state index contributed by atoms with van der Waals surface area (Å²) in [6.07, 6.45) is 5.71.